The van der Waals surface area contributed by atoms with Crippen LogP contribution in [0.15, 0.2) is 78.9 Å². The molecule has 1 fully saturated rings. The Kier molecular flexibility index (Phi) is 7.62. The van der Waals surface area contributed by atoms with E-state index in [0.29, 0.717) is 0 Å². The minimum atomic E-state index is -4.81. The molecule has 2 nitrogen and oxygen atoms in total. The molecule has 1 aliphatic rings. The van der Waals surface area contributed by atoms with E-state index in [1.54, 1.807) is 12.1 Å². The summed E-state index contributed by atoms with van der Waals surface area (Å²) in [4.78, 5) is 0. The number of alkyl halides is 6. The van der Waals surface area contributed by atoms with Crippen LogP contribution in [-0.4, -0.2) is 31.5 Å². The number of benzene rings is 3. The van der Waals surface area contributed by atoms with Gasteiger partial charge in [0.1, 0.15) is 5.92 Å². The van der Waals surface area contributed by atoms with Crippen molar-refractivity contribution < 1.29 is 26.3 Å². The number of halogens is 8. The van der Waals surface area contributed by atoms with Crippen LogP contribution in [0.3, 0.4) is 0 Å². The lowest BCUT2D eigenvalue weighted by Gasteiger charge is -2.50. The summed E-state index contributed by atoms with van der Waals surface area (Å²) in [5.41, 5.74) is -2.07. The summed E-state index contributed by atoms with van der Waals surface area (Å²) in [7, 11) is 0. The van der Waals surface area contributed by atoms with Gasteiger partial charge < -0.3 is 10.6 Å². The average molecular weight is 547 g/mol. The van der Waals surface area contributed by atoms with Crippen molar-refractivity contribution in [3.63, 3.8) is 0 Å². The summed E-state index contributed by atoms with van der Waals surface area (Å²) in [6.45, 7) is -0.485. The van der Waals surface area contributed by atoms with Crippen LogP contribution in [0.25, 0.3) is 0 Å². The Hall–Kier alpha value is -2.26. The van der Waals surface area contributed by atoms with E-state index in [4.69, 9.17) is 23.2 Å². The first kappa shape index (κ1) is 26.8. The normalized spacial score (nSPS) is 22.7. The lowest BCUT2D eigenvalue weighted by atomic mass is 9.71. The molecule has 4 unspecified atom stereocenters. The number of hydrogen-bond donors (Lipinski definition) is 2. The van der Waals surface area contributed by atoms with E-state index in [-0.39, 0.29) is 39.8 Å². The lowest BCUT2D eigenvalue weighted by molar-refractivity contribution is -0.180. The summed E-state index contributed by atoms with van der Waals surface area (Å²) in [6.07, 6.45) is -9.54. The van der Waals surface area contributed by atoms with Gasteiger partial charge in [-0.25, -0.2) is 0 Å². The number of piperazine rings is 1. The molecule has 1 saturated heterocycles. The molecule has 4 atom stereocenters. The van der Waals surface area contributed by atoms with E-state index in [1.165, 1.54) is 66.7 Å². The maximum atomic E-state index is 14.8. The van der Waals surface area contributed by atoms with Crippen LogP contribution in [0.2, 0.25) is 10.0 Å². The van der Waals surface area contributed by atoms with Gasteiger partial charge >= 0.3 is 12.4 Å². The predicted octanol–water partition coefficient (Wildman–Crippen LogP) is 7.44. The third-order valence-electron chi connectivity index (χ3n) is 6.51. The first-order valence-corrected chi connectivity index (χ1v) is 11.9. The fourth-order valence-corrected chi connectivity index (χ4v) is 5.38. The quantitative estimate of drug-likeness (QED) is 0.325. The van der Waals surface area contributed by atoms with E-state index in [9.17, 15) is 26.3 Å². The molecule has 1 aliphatic heterocycles. The third-order valence-corrected chi connectivity index (χ3v) is 7.25. The Morgan fingerprint density at radius 1 is 0.750 bits per heavy atom. The Morgan fingerprint density at radius 2 is 1.33 bits per heavy atom. The molecule has 3 aromatic rings. The number of rotatable bonds is 5. The molecule has 3 aromatic carbocycles. The summed E-state index contributed by atoms with van der Waals surface area (Å²) >= 11 is 12.2. The van der Waals surface area contributed by atoms with Crippen molar-refractivity contribution in [2.75, 3.05) is 13.1 Å². The largest absolute Gasteiger partial charge is 0.397 e. The third kappa shape index (κ3) is 5.37. The van der Waals surface area contributed by atoms with Crippen LogP contribution in [0, 0.1) is 0 Å². The van der Waals surface area contributed by atoms with Gasteiger partial charge in [-0.2, -0.15) is 26.3 Å². The minimum absolute atomic E-state index is 0.00174. The lowest BCUT2D eigenvalue weighted by Crippen LogP contribution is -2.68. The van der Waals surface area contributed by atoms with Crippen molar-refractivity contribution in [3.8, 4) is 0 Å². The molecule has 0 aromatic heterocycles. The predicted molar refractivity (Wildman–Crippen MR) is 128 cm³/mol. The standard InChI is InChI=1S/C26H22Cl2F6N2/c27-19-12-11-18(13-20(19)28)24(23(26(32,33)34)17-9-5-2-6-10-17)15-35-14-21(36-24)22(25(29,30)31)16-7-3-1-4-8-16/h1-13,21-23,35-36H,14-15H2. The fraction of sp³-hybridized carbons (Fsp3) is 0.308. The molecule has 0 spiro atoms. The molecule has 0 saturated carbocycles. The number of hydrogen-bond acceptors (Lipinski definition) is 2. The van der Waals surface area contributed by atoms with Crippen molar-refractivity contribution in [2.24, 2.45) is 0 Å². The Balaban J connectivity index is 1.92. The summed E-state index contributed by atoms with van der Waals surface area (Å²) in [6, 6.07) is 16.9. The zero-order chi connectivity index (χ0) is 26.1. The summed E-state index contributed by atoms with van der Waals surface area (Å²) in [5.74, 6) is -4.25. The van der Waals surface area contributed by atoms with E-state index < -0.39 is 35.8 Å². The van der Waals surface area contributed by atoms with E-state index >= 15 is 0 Å². The van der Waals surface area contributed by atoms with Crippen LogP contribution < -0.4 is 10.6 Å². The highest BCUT2D eigenvalue weighted by molar-refractivity contribution is 6.42. The smallest absolute Gasteiger partial charge is 0.313 e. The highest BCUT2D eigenvalue weighted by atomic mass is 35.5. The van der Waals surface area contributed by atoms with Gasteiger partial charge in [0.05, 0.1) is 21.5 Å². The maximum absolute atomic E-state index is 14.8. The van der Waals surface area contributed by atoms with Crippen LogP contribution in [0.1, 0.15) is 28.5 Å². The first-order valence-electron chi connectivity index (χ1n) is 11.1. The van der Waals surface area contributed by atoms with Gasteiger partial charge in [0.2, 0.25) is 0 Å². The average Bonchev–Trinajstić information content (AvgIpc) is 2.81. The highest BCUT2D eigenvalue weighted by Crippen LogP contribution is 2.50. The van der Waals surface area contributed by atoms with Gasteiger partial charge in [-0.05, 0) is 28.8 Å². The van der Waals surface area contributed by atoms with Crippen molar-refractivity contribution in [3.05, 3.63) is 106 Å². The summed E-state index contributed by atoms with van der Waals surface area (Å²) in [5, 5.41) is 5.82. The molecular formula is C26H22Cl2F6N2. The second kappa shape index (κ2) is 10.2. The molecule has 0 radical (unpaired) electrons. The topological polar surface area (TPSA) is 24.1 Å². The fourth-order valence-electron chi connectivity index (χ4n) is 5.08. The van der Waals surface area contributed by atoms with E-state index in [1.807, 2.05) is 0 Å². The Bertz CT molecular complexity index is 1170. The monoisotopic (exact) mass is 546 g/mol. The van der Waals surface area contributed by atoms with E-state index in [0.717, 1.165) is 0 Å². The van der Waals surface area contributed by atoms with Crippen molar-refractivity contribution in [1.82, 2.24) is 10.6 Å². The van der Waals surface area contributed by atoms with Gasteiger partial charge in [0.15, 0.2) is 0 Å². The van der Waals surface area contributed by atoms with Crippen molar-refractivity contribution in [2.45, 2.75) is 35.8 Å². The second-order valence-corrected chi connectivity index (χ2v) is 9.61. The number of nitrogens with one attached hydrogen (secondary N) is 2. The van der Waals surface area contributed by atoms with Crippen molar-refractivity contribution in [1.29, 1.82) is 0 Å². The van der Waals surface area contributed by atoms with E-state index in [2.05, 4.69) is 10.6 Å². The molecule has 0 bridgehead atoms. The van der Waals surface area contributed by atoms with Crippen molar-refractivity contribution >= 4 is 23.2 Å². The zero-order valence-corrected chi connectivity index (χ0v) is 20.2. The SMILES string of the molecule is FC(F)(F)C(c1ccccc1)C1CNCC(c2ccc(Cl)c(Cl)c2)(C(c2ccccc2)C(F)(F)F)N1. The molecule has 0 amide bonds. The van der Waals surface area contributed by atoms with Crippen LogP contribution in [0.4, 0.5) is 26.3 Å². The van der Waals surface area contributed by atoms with Gasteiger partial charge in [0, 0.05) is 19.1 Å². The van der Waals surface area contributed by atoms with Gasteiger partial charge in [-0.3, -0.25) is 0 Å². The molecule has 10 heteroatoms. The molecule has 36 heavy (non-hydrogen) atoms. The molecule has 2 N–H and O–H groups in total. The van der Waals surface area contributed by atoms with Gasteiger partial charge in [-0.1, -0.05) is 89.9 Å². The minimum Gasteiger partial charge on any atom is -0.313 e. The Morgan fingerprint density at radius 3 is 1.86 bits per heavy atom. The molecule has 192 valence electrons. The van der Waals surface area contributed by atoms with Gasteiger partial charge in [0.25, 0.3) is 0 Å². The molecule has 1 heterocycles. The zero-order valence-electron chi connectivity index (χ0n) is 18.7. The van der Waals surface area contributed by atoms with Crippen LogP contribution in [0.5, 0.6) is 0 Å². The van der Waals surface area contributed by atoms with Crippen LogP contribution in [-0.2, 0) is 5.54 Å². The first-order chi connectivity index (χ1) is 16.9. The molecular weight excluding hydrogens is 525 g/mol. The van der Waals surface area contributed by atoms with Gasteiger partial charge in [-0.15, -0.1) is 0 Å². The van der Waals surface area contributed by atoms with Crippen LogP contribution >= 0.6 is 23.2 Å². The summed E-state index contributed by atoms with van der Waals surface area (Å²) < 4.78 is 87.7. The molecule has 0 aliphatic carbocycles. The Labute approximate surface area is 214 Å². The molecule has 4 rings (SSSR count). The second-order valence-electron chi connectivity index (χ2n) is 8.80. The highest BCUT2D eigenvalue weighted by Gasteiger charge is 2.59. The maximum Gasteiger partial charge on any atom is 0.397 e.